The van der Waals surface area contributed by atoms with Crippen molar-refractivity contribution in [2.24, 2.45) is 0 Å². The number of hydrogen-bond donors (Lipinski definition) is 2. The third-order valence-electron chi connectivity index (χ3n) is 4.58. The van der Waals surface area contributed by atoms with Crippen molar-refractivity contribution in [1.82, 2.24) is 10.2 Å². The van der Waals surface area contributed by atoms with Crippen molar-refractivity contribution in [3.05, 3.63) is 65.7 Å². The number of rotatable bonds is 5. The van der Waals surface area contributed by atoms with Gasteiger partial charge < -0.3 is 15.5 Å². The van der Waals surface area contributed by atoms with Crippen molar-refractivity contribution in [1.29, 1.82) is 0 Å². The van der Waals surface area contributed by atoms with Crippen LogP contribution in [0.15, 0.2) is 54.6 Å². The minimum atomic E-state index is 0.125. The molecule has 0 spiro atoms. The number of carbonyl (C=O) groups is 1. The van der Waals surface area contributed by atoms with Crippen molar-refractivity contribution in [2.45, 2.75) is 25.7 Å². The highest BCUT2D eigenvalue weighted by atomic mass is 32.1. The molecule has 1 aliphatic rings. The highest BCUT2D eigenvalue weighted by Gasteiger charge is 2.17. The lowest BCUT2D eigenvalue weighted by molar-refractivity contribution is 0.0724. The molecule has 1 heterocycles. The zero-order chi connectivity index (χ0) is 18.2. The first-order valence-electron chi connectivity index (χ1n) is 9.20. The maximum Gasteiger partial charge on any atom is 0.253 e. The lowest BCUT2D eigenvalue weighted by Gasteiger charge is -2.26. The molecule has 4 nitrogen and oxygen atoms in total. The third kappa shape index (κ3) is 5.30. The van der Waals surface area contributed by atoms with Crippen molar-refractivity contribution in [3.8, 4) is 0 Å². The largest absolute Gasteiger partial charge is 0.362 e. The summed E-state index contributed by atoms with van der Waals surface area (Å²) in [6, 6.07) is 17.9. The molecule has 3 rings (SSSR count). The van der Waals surface area contributed by atoms with Crippen LogP contribution < -0.4 is 10.6 Å². The zero-order valence-corrected chi connectivity index (χ0v) is 15.7. The van der Waals surface area contributed by atoms with Gasteiger partial charge in [0.1, 0.15) is 0 Å². The number of likely N-dealkylation sites (tertiary alicyclic amines) is 1. The summed E-state index contributed by atoms with van der Waals surface area (Å²) in [5.74, 6) is 0.125. The SMILES string of the molecule is O=C(c1ccc(NC(=S)NCCc2ccccc2)cc1)N1CCCCC1. The van der Waals surface area contributed by atoms with E-state index >= 15 is 0 Å². The van der Waals surface area contributed by atoms with Crippen molar-refractivity contribution in [2.75, 3.05) is 25.0 Å². The molecule has 1 fully saturated rings. The van der Waals surface area contributed by atoms with E-state index in [2.05, 4.69) is 22.8 Å². The maximum atomic E-state index is 12.5. The molecule has 0 unspecified atom stereocenters. The minimum absolute atomic E-state index is 0.125. The van der Waals surface area contributed by atoms with Crippen LogP contribution in [0, 0.1) is 0 Å². The predicted molar refractivity (Wildman–Crippen MR) is 111 cm³/mol. The van der Waals surface area contributed by atoms with E-state index in [0.29, 0.717) is 5.11 Å². The smallest absolute Gasteiger partial charge is 0.253 e. The maximum absolute atomic E-state index is 12.5. The highest BCUT2D eigenvalue weighted by molar-refractivity contribution is 7.80. The number of piperidine rings is 1. The summed E-state index contributed by atoms with van der Waals surface area (Å²) in [6.45, 7) is 2.52. The molecular weight excluding hydrogens is 342 g/mol. The highest BCUT2D eigenvalue weighted by Crippen LogP contribution is 2.15. The molecule has 2 aromatic carbocycles. The Bertz CT molecular complexity index is 725. The van der Waals surface area contributed by atoms with Crippen LogP contribution in [0.25, 0.3) is 0 Å². The van der Waals surface area contributed by atoms with Crippen molar-refractivity contribution >= 4 is 28.9 Å². The summed E-state index contributed by atoms with van der Waals surface area (Å²) in [5.41, 5.74) is 2.90. The van der Waals surface area contributed by atoms with Crippen molar-refractivity contribution in [3.63, 3.8) is 0 Å². The molecule has 1 aliphatic heterocycles. The van der Waals surface area contributed by atoms with E-state index < -0.39 is 0 Å². The summed E-state index contributed by atoms with van der Waals surface area (Å²) in [5, 5.41) is 6.98. The van der Waals surface area contributed by atoms with Gasteiger partial charge >= 0.3 is 0 Å². The molecular formula is C21H25N3OS. The Labute approximate surface area is 160 Å². The fourth-order valence-electron chi connectivity index (χ4n) is 3.12. The van der Waals surface area contributed by atoms with Crippen LogP contribution in [0.4, 0.5) is 5.69 Å². The summed E-state index contributed by atoms with van der Waals surface area (Å²) in [6.07, 6.45) is 4.36. The molecule has 0 saturated carbocycles. The Hall–Kier alpha value is -2.40. The summed E-state index contributed by atoms with van der Waals surface area (Å²) in [7, 11) is 0. The predicted octanol–water partition coefficient (Wildman–Crippen LogP) is 3.84. The molecule has 1 amide bonds. The number of carbonyl (C=O) groups excluding carboxylic acids is 1. The summed E-state index contributed by atoms with van der Waals surface area (Å²) >= 11 is 5.34. The minimum Gasteiger partial charge on any atom is -0.362 e. The molecule has 0 bridgehead atoms. The molecule has 26 heavy (non-hydrogen) atoms. The van der Waals surface area contributed by atoms with Crippen LogP contribution in [0.3, 0.4) is 0 Å². The van der Waals surface area contributed by atoms with Crippen LogP contribution in [0.2, 0.25) is 0 Å². The van der Waals surface area contributed by atoms with E-state index in [0.717, 1.165) is 50.1 Å². The first kappa shape index (κ1) is 18.4. The first-order valence-corrected chi connectivity index (χ1v) is 9.61. The monoisotopic (exact) mass is 367 g/mol. The molecule has 2 aromatic rings. The van der Waals surface area contributed by atoms with Gasteiger partial charge in [0.25, 0.3) is 5.91 Å². The van der Waals surface area contributed by atoms with E-state index in [9.17, 15) is 4.79 Å². The lowest BCUT2D eigenvalue weighted by atomic mass is 10.1. The van der Waals surface area contributed by atoms with E-state index in [1.54, 1.807) is 0 Å². The normalized spacial score (nSPS) is 13.9. The van der Waals surface area contributed by atoms with E-state index in [1.807, 2.05) is 47.4 Å². The average Bonchev–Trinajstić information content (AvgIpc) is 2.69. The van der Waals surface area contributed by atoms with Gasteiger partial charge in [0.05, 0.1) is 0 Å². The number of anilines is 1. The van der Waals surface area contributed by atoms with Gasteiger partial charge in [-0.25, -0.2) is 0 Å². The average molecular weight is 368 g/mol. The topological polar surface area (TPSA) is 44.4 Å². The number of hydrogen-bond acceptors (Lipinski definition) is 2. The number of thiocarbonyl (C=S) groups is 1. The molecule has 0 aliphatic carbocycles. The van der Waals surface area contributed by atoms with Gasteiger partial charge in [-0.05, 0) is 67.7 Å². The molecule has 1 saturated heterocycles. The van der Waals surface area contributed by atoms with Gasteiger partial charge in [-0.3, -0.25) is 4.79 Å². The van der Waals surface area contributed by atoms with Gasteiger partial charge in [-0.15, -0.1) is 0 Å². The Kier molecular flexibility index (Phi) is 6.61. The second-order valence-electron chi connectivity index (χ2n) is 6.55. The Balaban J connectivity index is 1.46. The third-order valence-corrected chi connectivity index (χ3v) is 4.82. The summed E-state index contributed by atoms with van der Waals surface area (Å²) in [4.78, 5) is 14.4. The fourth-order valence-corrected chi connectivity index (χ4v) is 3.34. The lowest BCUT2D eigenvalue weighted by Crippen LogP contribution is -2.35. The van der Waals surface area contributed by atoms with Gasteiger partial charge in [0, 0.05) is 30.9 Å². The zero-order valence-electron chi connectivity index (χ0n) is 14.9. The van der Waals surface area contributed by atoms with Gasteiger partial charge in [0.15, 0.2) is 5.11 Å². The molecule has 0 aromatic heterocycles. The van der Waals surface area contributed by atoms with Crippen LogP contribution in [-0.2, 0) is 6.42 Å². The van der Waals surface area contributed by atoms with Gasteiger partial charge in [0.2, 0.25) is 0 Å². The first-order chi connectivity index (χ1) is 12.7. The second kappa shape index (κ2) is 9.34. The number of benzene rings is 2. The molecule has 0 atom stereocenters. The van der Waals surface area contributed by atoms with E-state index in [1.165, 1.54) is 12.0 Å². The standard InChI is InChI=1S/C21H25N3OS/c25-20(24-15-5-2-6-16-24)18-9-11-19(12-10-18)23-21(26)22-14-13-17-7-3-1-4-8-17/h1,3-4,7-12H,2,5-6,13-16H2,(H2,22,23,26). The number of nitrogens with zero attached hydrogens (tertiary/aromatic N) is 1. The molecule has 5 heteroatoms. The molecule has 0 radical (unpaired) electrons. The van der Waals surface area contributed by atoms with Crippen LogP contribution >= 0.6 is 12.2 Å². The number of nitrogens with one attached hydrogen (secondary N) is 2. The quantitative estimate of drug-likeness (QED) is 0.788. The van der Waals surface area contributed by atoms with Crippen molar-refractivity contribution < 1.29 is 4.79 Å². The van der Waals surface area contributed by atoms with Gasteiger partial charge in [-0.1, -0.05) is 30.3 Å². The van der Waals surface area contributed by atoms with Crippen LogP contribution in [0.5, 0.6) is 0 Å². The Morgan fingerprint density at radius 3 is 2.35 bits per heavy atom. The van der Waals surface area contributed by atoms with Crippen LogP contribution in [-0.4, -0.2) is 35.6 Å². The fraction of sp³-hybridized carbons (Fsp3) is 0.333. The second-order valence-corrected chi connectivity index (χ2v) is 6.95. The Morgan fingerprint density at radius 2 is 1.65 bits per heavy atom. The van der Waals surface area contributed by atoms with Gasteiger partial charge in [-0.2, -0.15) is 0 Å². The van der Waals surface area contributed by atoms with E-state index in [-0.39, 0.29) is 5.91 Å². The number of amides is 1. The molecule has 2 N–H and O–H groups in total. The summed E-state index contributed by atoms with van der Waals surface area (Å²) < 4.78 is 0. The van der Waals surface area contributed by atoms with Crippen LogP contribution in [0.1, 0.15) is 35.2 Å². The molecule has 136 valence electrons. The Morgan fingerprint density at radius 1 is 0.962 bits per heavy atom. The van der Waals surface area contributed by atoms with E-state index in [4.69, 9.17) is 12.2 Å².